The largest absolute Gasteiger partial charge is 0.463 e. The number of esters is 7. The van der Waals surface area contributed by atoms with Gasteiger partial charge in [0.15, 0.2) is 49.2 Å². The molecule has 1 N–H and O–H groups in total. The van der Waals surface area contributed by atoms with Gasteiger partial charge in [0, 0.05) is 48.5 Å². The normalized spacial score (nSPS) is 31.5. The van der Waals surface area contributed by atoms with Gasteiger partial charge in [-0.25, -0.2) is 0 Å². The number of hydrogen-bond acceptors (Lipinski definition) is 18. The lowest BCUT2D eigenvalue weighted by atomic mass is 9.97. The number of carbonyl (C=O) groups excluding carboxylic acids is 7. The lowest BCUT2D eigenvalue weighted by Crippen LogP contribution is -2.64. The highest BCUT2D eigenvalue weighted by Crippen LogP contribution is 2.32. The Kier molecular flexibility index (Phi) is 13.4. The predicted molar refractivity (Wildman–Crippen MR) is 135 cm³/mol. The van der Waals surface area contributed by atoms with Crippen LogP contribution in [0.15, 0.2) is 0 Å². The van der Waals surface area contributed by atoms with Crippen LogP contribution in [0.25, 0.3) is 0 Å². The Morgan fingerprint density at radius 2 is 0.841 bits per heavy atom. The van der Waals surface area contributed by atoms with E-state index in [4.69, 9.17) is 47.4 Å². The highest BCUT2D eigenvalue weighted by atomic mass is 16.7. The zero-order chi connectivity index (χ0) is 33.3. The van der Waals surface area contributed by atoms with Crippen molar-refractivity contribution >= 4 is 41.8 Å². The van der Waals surface area contributed by atoms with E-state index in [1.807, 2.05) is 0 Å². The zero-order valence-electron chi connectivity index (χ0n) is 25.1. The van der Waals surface area contributed by atoms with Gasteiger partial charge in [-0.05, 0) is 0 Å². The Labute approximate surface area is 251 Å². The number of aliphatic hydroxyl groups is 1. The first-order valence-corrected chi connectivity index (χ1v) is 13.3. The summed E-state index contributed by atoms with van der Waals surface area (Å²) in [6.45, 7) is 6.15. The summed E-state index contributed by atoms with van der Waals surface area (Å²) in [5.41, 5.74) is 0. The third kappa shape index (κ3) is 10.7. The zero-order valence-corrected chi connectivity index (χ0v) is 25.1. The quantitative estimate of drug-likeness (QED) is 0.203. The Bertz CT molecular complexity index is 1090. The van der Waals surface area contributed by atoms with Crippen LogP contribution in [0.3, 0.4) is 0 Å². The Morgan fingerprint density at radius 3 is 1.27 bits per heavy atom. The molecule has 2 fully saturated rings. The van der Waals surface area contributed by atoms with Gasteiger partial charge >= 0.3 is 41.8 Å². The molecule has 2 rings (SSSR count). The Hall–Kier alpha value is -3.87. The van der Waals surface area contributed by atoms with Crippen LogP contribution in [-0.2, 0) is 80.9 Å². The van der Waals surface area contributed by atoms with Crippen molar-refractivity contribution in [3.8, 4) is 0 Å². The van der Waals surface area contributed by atoms with Crippen molar-refractivity contribution in [2.75, 3.05) is 13.2 Å². The van der Waals surface area contributed by atoms with Crippen molar-refractivity contribution in [2.24, 2.45) is 0 Å². The molecule has 0 aromatic rings. The second-order valence-corrected chi connectivity index (χ2v) is 9.69. The highest BCUT2D eigenvalue weighted by Gasteiger charge is 2.55. The maximum absolute atomic E-state index is 12.1. The molecule has 0 unspecified atom stereocenters. The summed E-state index contributed by atoms with van der Waals surface area (Å²) in [4.78, 5) is 83.0. The van der Waals surface area contributed by atoms with Crippen LogP contribution < -0.4 is 0 Å². The molecule has 10 atom stereocenters. The van der Waals surface area contributed by atoms with E-state index >= 15 is 0 Å². The summed E-state index contributed by atoms with van der Waals surface area (Å²) in [6.07, 6.45) is -15.6. The smallest absolute Gasteiger partial charge is 0.303 e. The minimum Gasteiger partial charge on any atom is -0.463 e. The molecule has 0 spiro atoms. The van der Waals surface area contributed by atoms with Gasteiger partial charge < -0.3 is 52.5 Å². The third-order valence-corrected chi connectivity index (χ3v) is 5.89. The Morgan fingerprint density at radius 1 is 0.477 bits per heavy atom. The van der Waals surface area contributed by atoms with E-state index < -0.39 is 116 Å². The van der Waals surface area contributed by atoms with Crippen molar-refractivity contribution in [1.82, 2.24) is 0 Å². The van der Waals surface area contributed by atoms with Gasteiger partial charge in [0.2, 0.25) is 0 Å². The second-order valence-electron chi connectivity index (χ2n) is 9.69. The van der Waals surface area contributed by atoms with Crippen molar-refractivity contribution in [1.29, 1.82) is 0 Å². The molecule has 2 aliphatic heterocycles. The molecule has 2 aliphatic rings. The topological polar surface area (TPSA) is 232 Å². The van der Waals surface area contributed by atoms with Crippen LogP contribution in [0.1, 0.15) is 48.5 Å². The lowest BCUT2D eigenvalue weighted by molar-refractivity contribution is -0.330. The maximum Gasteiger partial charge on any atom is 0.303 e. The van der Waals surface area contributed by atoms with Gasteiger partial charge in [-0.15, -0.1) is 0 Å². The lowest BCUT2D eigenvalue weighted by Gasteiger charge is -2.45. The molecule has 0 radical (unpaired) electrons. The fourth-order valence-corrected chi connectivity index (χ4v) is 4.52. The highest BCUT2D eigenvalue weighted by molar-refractivity contribution is 5.69. The molecule has 0 aromatic heterocycles. The van der Waals surface area contributed by atoms with Gasteiger partial charge in [-0.3, -0.25) is 33.6 Å². The average molecular weight is 637 g/mol. The first kappa shape index (κ1) is 36.3. The van der Waals surface area contributed by atoms with Gasteiger partial charge in [0.1, 0.15) is 18.8 Å². The minimum absolute atomic E-state index is 0.523. The van der Waals surface area contributed by atoms with Crippen molar-refractivity contribution < 1.29 is 86.0 Å². The number of rotatable bonds is 11. The SMILES string of the molecule is CC(=O)OC[C@H]1O[C@H](OC[C@H]2O[C@@H](O)[C@H](OC(C)=O)[C@@H](OC(C)=O)[C@H]2OC(C)=O)[C@H](OC(C)=O)[C@@H](OC(C)=O)[C@@H]1OC(C)=O. The molecule has 18 nitrogen and oxygen atoms in total. The molecule has 18 heteroatoms. The van der Waals surface area contributed by atoms with E-state index in [1.54, 1.807) is 0 Å². The van der Waals surface area contributed by atoms with Crippen molar-refractivity contribution in [2.45, 2.75) is 110 Å². The number of aliphatic hydroxyl groups excluding tert-OH is 1. The fraction of sp³-hybridized carbons (Fsp3) is 0.731. The summed E-state index contributed by atoms with van der Waals surface area (Å²) in [5, 5.41) is 10.6. The van der Waals surface area contributed by atoms with Crippen LogP contribution in [0, 0.1) is 0 Å². The second kappa shape index (κ2) is 16.3. The van der Waals surface area contributed by atoms with Gasteiger partial charge in [-0.2, -0.15) is 0 Å². The molecule has 0 bridgehead atoms. The molecule has 44 heavy (non-hydrogen) atoms. The Balaban J connectivity index is 2.48. The van der Waals surface area contributed by atoms with Gasteiger partial charge in [-0.1, -0.05) is 0 Å². The summed E-state index contributed by atoms with van der Waals surface area (Å²) in [7, 11) is 0. The van der Waals surface area contributed by atoms with Crippen LogP contribution in [0.4, 0.5) is 0 Å². The minimum atomic E-state index is -1.90. The van der Waals surface area contributed by atoms with Crippen molar-refractivity contribution in [3.05, 3.63) is 0 Å². The standard InChI is InChI=1S/C26H36O18/c1-10(27)35-8-18-20(38-12(3)29)22(40-14(5)31)24(42-16(7)33)26(44-18)36-9-17-19(37-11(2)28)21(39-13(4)30)23(25(34)43-17)41-15(6)32/h17-26,34H,8-9H2,1-7H3/t17-,18-,19+,20-,21+,22+,23-,24-,25-,26+/m1/s1. The summed E-state index contributed by atoms with van der Waals surface area (Å²) >= 11 is 0. The van der Waals surface area contributed by atoms with E-state index in [1.165, 1.54) is 0 Å². The molecule has 0 aromatic carbocycles. The van der Waals surface area contributed by atoms with Gasteiger partial charge in [0.05, 0.1) is 6.61 Å². The summed E-state index contributed by atoms with van der Waals surface area (Å²) < 4.78 is 53.7. The van der Waals surface area contributed by atoms with E-state index in [2.05, 4.69) is 0 Å². The molecule has 0 aliphatic carbocycles. The van der Waals surface area contributed by atoms with E-state index in [9.17, 15) is 38.7 Å². The molecular weight excluding hydrogens is 600 g/mol. The maximum atomic E-state index is 12.1. The number of ether oxygens (including phenoxy) is 10. The van der Waals surface area contributed by atoms with E-state index in [-0.39, 0.29) is 0 Å². The third-order valence-electron chi connectivity index (χ3n) is 5.89. The predicted octanol–water partition coefficient (Wildman–Crippen LogP) is -1.40. The van der Waals surface area contributed by atoms with Crippen LogP contribution in [0.5, 0.6) is 0 Å². The molecule has 248 valence electrons. The van der Waals surface area contributed by atoms with Gasteiger partial charge in [0.25, 0.3) is 0 Å². The fourth-order valence-electron chi connectivity index (χ4n) is 4.52. The molecule has 2 heterocycles. The summed E-state index contributed by atoms with van der Waals surface area (Å²) in [5.74, 6) is -5.94. The van der Waals surface area contributed by atoms with E-state index in [0.717, 1.165) is 48.5 Å². The van der Waals surface area contributed by atoms with Crippen LogP contribution in [-0.4, -0.2) is 122 Å². The van der Waals surface area contributed by atoms with Crippen LogP contribution >= 0.6 is 0 Å². The molecule has 2 saturated heterocycles. The number of hydrogen-bond donors (Lipinski definition) is 1. The first-order chi connectivity index (χ1) is 20.5. The van der Waals surface area contributed by atoms with Crippen LogP contribution in [0.2, 0.25) is 0 Å². The molecular formula is C26H36O18. The van der Waals surface area contributed by atoms with Crippen molar-refractivity contribution in [3.63, 3.8) is 0 Å². The first-order valence-electron chi connectivity index (χ1n) is 13.3. The van der Waals surface area contributed by atoms with E-state index in [0.29, 0.717) is 0 Å². The summed E-state index contributed by atoms with van der Waals surface area (Å²) in [6, 6.07) is 0. The molecule has 0 amide bonds. The number of carbonyl (C=O) groups is 7. The average Bonchev–Trinajstić information content (AvgIpc) is 2.87. The monoisotopic (exact) mass is 636 g/mol. The molecule has 0 saturated carbocycles.